The van der Waals surface area contributed by atoms with E-state index in [0.29, 0.717) is 5.75 Å². The lowest BCUT2D eigenvalue weighted by Crippen LogP contribution is -2.58. The van der Waals surface area contributed by atoms with Crippen LogP contribution < -0.4 is 26.0 Å². The molecule has 6 N–H and O–H groups in total. The summed E-state index contributed by atoms with van der Waals surface area (Å²) in [6, 6.07) is 25.1. The predicted octanol–water partition coefficient (Wildman–Crippen LogP) is 3.19. The number of aliphatic hydroxyl groups is 1. The molecule has 4 aromatic carbocycles. The summed E-state index contributed by atoms with van der Waals surface area (Å²) in [7, 11) is 0. The van der Waals surface area contributed by atoms with Gasteiger partial charge in [-0.3, -0.25) is 19.2 Å². The van der Waals surface area contributed by atoms with Gasteiger partial charge in [-0.25, -0.2) is 0 Å². The molecule has 4 aromatic rings. The molecular weight excluding hydrogens is 600 g/mol. The van der Waals surface area contributed by atoms with Gasteiger partial charge in [0.2, 0.25) is 17.7 Å². The first-order valence-electron chi connectivity index (χ1n) is 15.2. The minimum absolute atomic E-state index is 0.140. The van der Waals surface area contributed by atoms with Crippen molar-refractivity contribution in [1.82, 2.24) is 21.3 Å². The fraction of sp³-hybridized carbons (Fsp3) is 0.222. The summed E-state index contributed by atoms with van der Waals surface area (Å²) in [6.07, 6.45) is -1.21. The van der Waals surface area contributed by atoms with Gasteiger partial charge in [-0.05, 0) is 66.4 Å². The molecule has 2 aliphatic rings. The van der Waals surface area contributed by atoms with Gasteiger partial charge in [0.05, 0.1) is 11.7 Å². The van der Waals surface area contributed by atoms with Gasteiger partial charge in [0.15, 0.2) is 0 Å². The number of rotatable bonds is 5. The first kappa shape index (κ1) is 32.7. The summed E-state index contributed by atoms with van der Waals surface area (Å²) >= 11 is 0. The molecule has 4 atom stereocenters. The number of benzene rings is 4. The second-order valence-corrected chi connectivity index (χ2v) is 11.4. The minimum atomic E-state index is -1.46. The van der Waals surface area contributed by atoms with E-state index in [9.17, 15) is 29.4 Å². The molecule has 0 saturated carbocycles. The third kappa shape index (κ3) is 8.33. The Morgan fingerprint density at radius 3 is 2.19 bits per heavy atom. The average Bonchev–Trinajstić information content (AvgIpc) is 3.07. The van der Waals surface area contributed by atoms with Crippen molar-refractivity contribution >= 4 is 23.6 Å². The minimum Gasteiger partial charge on any atom is -0.507 e. The van der Waals surface area contributed by atoms with E-state index in [0.717, 1.165) is 22.3 Å². The quantitative estimate of drug-likeness (QED) is 0.183. The van der Waals surface area contributed by atoms with E-state index < -0.39 is 47.9 Å². The van der Waals surface area contributed by atoms with Gasteiger partial charge in [-0.15, -0.1) is 0 Å². The number of hydrogen-bond donors (Lipinski definition) is 6. The number of amides is 4. The zero-order valence-electron chi connectivity index (χ0n) is 25.9. The van der Waals surface area contributed by atoms with Crippen molar-refractivity contribution in [2.45, 2.75) is 51.0 Å². The van der Waals surface area contributed by atoms with Gasteiger partial charge in [-0.1, -0.05) is 66.7 Å². The van der Waals surface area contributed by atoms with Crippen molar-refractivity contribution < 1.29 is 34.1 Å². The first-order chi connectivity index (χ1) is 22.6. The van der Waals surface area contributed by atoms with E-state index in [1.807, 2.05) is 54.6 Å². The number of nitrogens with one attached hydrogen (secondary N) is 4. The molecule has 11 heteroatoms. The maximum Gasteiger partial charge on any atom is 0.255 e. The van der Waals surface area contributed by atoms with Crippen molar-refractivity contribution in [2.75, 3.05) is 0 Å². The van der Waals surface area contributed by atoms with E-state index in [1.54, 1.807) is 24.3 Å². The Morgan fingerprint density at radius 2 is 1.51 bits per heavy atom. The van der Waals surface area contributed by atoms with Crippen molar-refractivity contribution in [3.63, 3.8) is 0 Å². The Kier molecular flexibility index (Phi) is 10.2. The normalized spacial score (nSPS) is 19.2. The summed E-state index contributed by atoms with van der Waals surface area (Å²) in [5.41, 5.74) is 3.54. The Labute approximate surface area is 272 Å². The van der Waals surface area contributed by atoms with Crippen LogP contribution in [0.2, 0.25) is 0 Å². The largest absolute Gasteiger partial charge is 0.507 e. The van der Waals surface area contributed by atoms with Crippen molar-refractivity contribution in [3.05, 3.63) is 114 Å². The summed E-state index contributed by atoms with van der Waals surface area (Å²) in [5.74, 6) is -2.43. The molecule has 0 radical (unpaired) electrons. The van der Waals surface area contributed by atoms with E-state index in [4.69, 9.17) is 4.74 Å². The second-order valence-electron chi connectivity index (χ2n) is 11.4. The van der Waals surface area contributed by atoms with Gasteiger partial charge in [-0.2, -0.15) is 0 Å². The molecule has 0 saturated heterocycles. The highest BCUT2D eigenvalue weighted by Crippen LogP contribution is 2.28. The maximum atomic E-state index is 13.5. The van der Waals surface area contributed by atoms with Crippen LogP contribution in [0.1, 0.15) is 35.3 Å². The molecule has 0 fully saturated rings. The number of ether oxygens (including phenoxy) is 1. The number of carbonyl (C=O) groups excluding carboxylic acids is 4. The number of carbonyl (C=O) groups is 4. The lowest BCUT2D eigenvalue weighted by atomic mass is 10.0. The molecule has 0 unspecified atom stereocenters. The second kappa shape index (κ2) is 14.6. The van der Waals surface area contributed by atoms with Gasteiger partial charge in [0.1, 0.15) is 35.4 Å². The molecule has 4 amide bonds. The fourth-order valence-electron chi connectivity index (χ4n) is 5.08. The standard InChI is InChI=1S/C36H36N4O7/c1-21-33(43)39-30(35(45)37-20-24-8-12-26(13-9-24)25-6-4-3-5-7-25)18-23-10-14-27(15-11-23)47-28-16-17-31(42)29(19-28)34(44)40-32(22(2)41)36(46)38-21/h3-17,19,21-22,30,32,41-42H,18,20H2,1-2H3,(H,37,45)(H,38,46)(H,39,43)(H,40,44)/t21-,22+,30-,32-/m0/s1. The highest BCUT2D eigenvalue weighted by Gasteiger charge is 2.31. The van der Waals surface area contributed by atoms with Gasteiger partial charge in [0, 0.05) is 13.0 Å². The number of aromatic hydroxyl groups is 1. The van der Waals surface area contributed by atoms with E-state index >= 15 is 0 Å². The van der Waals surface area contributed by atoms with Gasteiger partial charge >= 0.3 is 0 Å². The topological polar surface area (TPSA) is 166 Å². The van der Waals surface area contributed by atoms with Crippen LogP contribution in [0.25, 0.3) is 11.1 Å². The average molecular weight is 637 g/mol. The van der Waals surface area contributed by atoms with Crippen LogP contribution in [0.3, 0.4) is 0 Å². The molecular formula is C36H36N4O7. The van der Waals surface area contributed by atoms with Crippen molar-refractivity contribution in [1.29, 1.82) is 0 Å². The monoisotopic (exact) mass is 636 g/mol. The zero-order chi connectivity index (χ0) is 33.5. The Hall–Kier alpha value is -5.68. The van der Waals surface area contributed by atoms with Gasteiger partial charge < -0.3 is 36.2 Å². The van der Waals surface area contributed by atoms with E-state index in [2.05, 4.69) is 21.3 Å². The molecule has 6 rings (SSSR count). The van der Waals surface area contributed by atoms with Crippen LogP contribution in [0.15, 0.2) is 97.1 Å². The molecule has 2 heterocycles. The number of fused-ring (bicyclic) bond motifs is 11. The summed E-state index contributed by atoms with van der Waals surface area (Å²) in [5, 5.41) is 31.1. The molecule has 2 aliphatic heterocycles. The highest BCUT2D eigenvalue weighted by atomic mass is 16.5. The summed E-state index contributed by atoms with van der Waals surface area (Å²) in [6.45, 7) is 2.96. The summed E-state index contributed by atoms with van der Waals surface area (Å²) < 4.78 is 5.88. The summed E-state index contributed by atoms with van der Waals surface area (Å²) in [4.78, 5) is 52.9. The smallest absolute Gasteiger partial charge is 0.255 e. The van der Waals surface area contributed by atoms with E-state index in [-0.39, 0.29) is 30.0 Å². The molecule has 4 bridgehead atoms. The third-order valence-corrected chi connectivity index (χ3v) is 7.78. The number of phenolic OH excluding ortho intramolecular Hbond substituents is 1. The zero-order valence-corrected chi connectivity index (χ0v) is 25.9. The number of phenols is 1. The SMILES string of the molecule is C[C@@H]1NC(=O)[C@H]([C@@H](C)O)NC(=O)c2cc(ccc2O)Oc2ccc(cc2)C[C@@H](C(=O)NCc2ccc(-c3ccccc3)cc2)NC1=O. The van der Waals surface area contributed by atoms with Crippen LogP contribution in [0.4, 0.5) is 0 Å². The van der Waals surface area contributed by atoms with E-state index in [1.165, 1.54) is 32.0 Å². The maximum absolute atomic E-state index is 13.5. The predicted molar refractivity (Wildman–Crippen MR) is 175 cm³/mol. The highest BCUT2D eigenvalue weighted by molar-refractivity contribution is 6.01. The lowest BCUT2D eigenvalue weighted by Gasteiger charge is -2.25. The van der Waals surface area contributed by atoms with Crippen molar-refractivity contribution in [3.8, 4) is 28.4 Å². The fourth-order valence-corrected chi connectivity index (χ4v) is 5.08. The Morgan fingerprint density at radius 1 is 0.851 bits per heavy atom. The Bertz CT molecular complexity index is 1740. The molecule has 47 heavy (non-hydrogen) atoms. The first-order valence-corrected chi connectivity index (χ1v) is 15.2. The number of aliphatic hydroxyl groups excluding tert-OH is 1. The van der Waals surface area contributed by atoms with Gasteiger partial charge in [0.25, 0.3) is 5.91 Å². The lowest BCUT2D eigenvalue weighted by molar-refractivity contribution is -0.133. The molecule has 11 nitrogen and oxygen atoms in total. The van der Waals surface area contributed by atoms with Crippen LogP contribution in [-0.4, -0.2) is 58.1 Å². The van der Waals surface area contributed by atoms with Crippen LogP contribution in [0, 0.1) is 0 Å². The van der Waals surface area contributed by atoms with Crippen LogP contribution in [0.5, 0.6) is 17.2 Å². The molecule has 0 aromatic heterocycles. The Balaban J connectivity index is 1.37. The third-order valence-electron chi connectivity index (χ3n) is 7.78. The molecule has 0 spiro atoms. The van der Waals surface area contributed by atoms with Crippen LogP contribution >= 0.6 is 0 Å². The molecule has 242 valence electrons. The molecule has 0 aliphatic carbocycles. The van der Waals surface area contributed by atoms with Crippen molar-refractivity contribution in [2.24, 2.45) is 0 Å². The number of hydrogen-bond acceptors (Lipinski definition) is 7. The van der Waals surface area contributed by atoms with Crippen LogP contribution in [-0.2, 0) is 27.3 Å².